The average Bonchev–Trinajstić information content (AvgIpc) is 2.19. The lowest BCUT2D eigenvalue weighted by Gasteiger charge is -2.26. The van der Waals surface area contributed by atoms with Gasteiger partial charge in [-0.1, -0.05) is 19.9 Å². The van der Waals surface area contributed by atoms with Gasteiger partial charge in [0.25, 0.3) is 0 Å². The molecule has 1 N–H and O–H groups in total. The number of rotatable bonds is 4. The SMILES string of the molecule is COc1c(C(C)(C)CC(=O)O)ccc(F)c1Br. The average molecular weight is 305 g/mol. The van der Waals surface area contributed by atoms with Gasteiger partial charge in [0.2, 0.25) is 0 Å². The van der Waals surface area contributed by atoms with Crippen LogP contribution in [-0.2, 0) is 10.2 Å². The molecule has 0 saturated heterocycles. The topological polar surface area (TPSA) is 46.5 Å². The minimum atomic E-state index is -0.905. The van der Waals surface area contributed by atoms with Crippen LogP contribution in [0.1, 0.15) is 25.8 Å². The fraction of sp³-hybridized carbons (Fsp3) is 0.417. The molecule has 5 heteroatoms. The van der Waals surface area contributed by atoms with Crippen molar-refractivity contribution in [3.05, 3.63) is 28.0 Å². The van der Waals surface area contributed by atoms with Crippen molar-refractivity contribution in [1.29, 1.82) is 0 Å². The van der Waals surface area contributed by atoms with Gasteiger partial charge in [0.05, 0.1) is 18.0 Å². The summed E-state index contributed by atoms with van der Waals surface area (Å²) >= 11 is 3.10. The van der Waals surface area contributed by atoms with Gasteiger partial charge in [-0.2, -0.15) is 0 Å². The number of benzene rings is 1. The van der Waals surface area contributed by atoms with Crippen LogP contribution in [0.15, 0.2) is 16.6 Å². The van der Waals surface area contributed by atoms with E-state index in [1.165, 1.54) is 13.2 Å². The second kappa shape index (κ2) is 5.04. The van der Waals surface area contributed by atoms with Gasteiger partial charge in [0.1, 0.15) is 11.6 Å². The Balaban J connectivity index is 3.31. The van der Waals surface area contributed by atoms with Gasteiger partial charge in [-0.3, -0.25) is 4.79 Å². The van der Waals surface area contributed by atoms with E-state index in [-0.39, 0.29) is 10.9 Å². The number of aliphatic carboxylic acids is 1. The molecule has 0 spiro atoms. The second-order valence-electron chi connectivity index (χ2n) is 4.40. The molecule has 0 aliphatic carbocycles. The number of halogens is 2. The monoisotopic (exact) mass is 304 g/mol. The number of carboxylic acid groups (broad SMARTS) is 1. The minimum Gasteiger partial charge on any atom is -0.495 e. The smallest absolute Gasteiger partial charge is 0.304 e. The van der Waals surface area contributed by atoms with E-state index in [4.69, 9.17) is 9.84 Å². The van der Waals surface area contributed by atoms with Crippen molar-refractivity contribution in [2.24, 2.45) is 0 Å². The summed E-state index contributed by atoms with van der Waals surface area (Å²) in [4.78, 5) is 10.8. The van der Waals surface area contributed by atoms with Crippen molar-refractivity contribution in [3.8, 4) is 5.75 Å². The summed E-state index contributed by atoms with van der Waals surface area (Å²) in [5, 5.41) is 8.87. The first kappa shape index (κ1) is 14.0. The highest BCUT2D eigenvalue weighted by Gasteiger charge is 2.29. The predicted octanol–water partition coefficient (Wildman–Crippen LogP) is 3.35. The van der Waals surface area contributed by atoms with Gasteiger partial charge >= 0.3 is 5.97 Å². The van der Waals surface area contributed by atoms with Crippen molar-refractivity contribution >= 4 is 21.9 Å². The summed E-state index contributed by atoms with van der Waals surface area (Å²) in [6.07, 6.45) is -0.0541. The molecule has 3 nitrogen and oxygen atoms in total. The molecule has 1 rings (SSSR count). The molecule has 0 saturated carbocycles. The summed E-state index contributed by atoms with van der Waals surface area (Å²) in [5.74, 6) is -0.995. The highest BCUT2D eigenvalue weighted by atomic mass is 79.9. The number of hydrogen-bond donors (Lipinski definition) is 1. The molecule has 0 aliphatic rings. The Morgan fingerprint density at radius 2 is 2.12 bits per heavy atom. The molecule has 0 atom stereocenters. The highest BCUT2D eigenvalue weighted by Crippen LogP contribution is 2.39. The van der Waals surface area contributed by atoms with E-state index in [0.717, 1.165) is 0 Å². The van der Waals surface area contributed by atoms with Crippen LogP contribution in [0.25, 0.3) is 0 Å². The Morgan fingerprint density at radius 3 is 2.59 bits per heavy atom. The van der Waals surface area contributed by atoms with Gasteiger partial charge in [-0.05, 0) is 22.0 Å². The van der Waals surface area contributed by atoms with E-state index in [1.807, 2.05) is 0 Å². The summed E-state index contributed by atoms with van der Waals surface area (Å²) < 4.78 is 18.7. The summed E-state index contributed by atoms with van der Waals surface area (Å²) in [6, 6.07) is 2.85. The summed E-state index contributed by atoms with van der Waals surface area (Å²) in [6.45, 7) is 3.56. The maximum Gasteiger partial charge on any atom is 0.304 e. The van der Waals surface area contributed by atoms with E-state index in [0.29, 0.717) is 11.3 Å². The van der Waals surface area contributed by atoms with Crippen molar-refractivity contribution in [3.63, 3.8) is 0 Å². The normalized spacial score (nSPS) is 11.4. The lowest BCUT2D eigenvalue weighted by Crippen LogP contribution is -2.22. The molecule has 0 unspecified atom stereocenters. The van der Waals surface area contributed by atoms with Gasteiger partial charge < -0.3 is 9.84 Å². The van der Waals surface area contributed by atoms with Crippen molar-refractivity contribution in [1.82, 2.24) is 0 Å². The number of carboxylic acids is 1. The fourth-order valence-electron chi connectivity index (χ4n) is 1.74. The van der Waals surface area contributed by atoms with Crippen LogP contribution >= 0.6 is 15.9 Å². The number of methoxy groups -OCH3 is 1. The Morgan fingerprint density at radius 1 is 1.53 bits per heavy atom. The van der Waals surface area contributed by atoms with Gasteiger partial charge in [-0.25, -0.2) is 4.39 Å². The minimum absolute atomic E-state index is 0.0541. The van der Waals surface area contributed by atoms with E-state index >= 15 is 0 Å². The molecule has 17 heavy (non-hydrogen) atoms. The molecule has 0 amide bonds. The van der Waals surface area contributed by atoms with Crippen LogP contribution in [0.2, 0.25) is 0 Å². The molecule has 1 aromatic carbocycles. The molecule has 0 aliphatic heterocycles. The quantitative estimate of drug-likeness (QED) is 0.928. The van der Waals surface area contributed by atoms with Gasteiger partial charge in [-0.15, -0.1) is 0 Å². The molecule has 0 radical (unpaired) electrons. The predicted molar refractivity (Wildman–Crippen MR) is 65.9 cm³/mol. The highest BCUT2D eigenvalue weighted by molar-refractivity contribution is 9.10. The van der Waals surface area contributed by atoms with Crippen molar-refractivity contribution in [2.75, 3.05) is 7.11 Å². The van der Waals surface area contributed by atoms with Crippen LogP contribution in [0.5, 0.6) is 5.75 Å². The Hall–Kier alpha value is -1.10. The molecule has 0 bridgehead atoms. The van der Waals surface area contributed by atoms with Crippen LogP contribution in [-0.4, -0.2) is 18.2 Å². The zero-order chi connectivity index (χ0) is 13.2. The third-order valence-electron chi connectivity index (χ3n) is 2.58. The van der Waals surface area contributed by atoms with E-state index in [2.05, 4.69) is 15.9 Å². The van der Waals surface area contributed by atoms with Crippen LogP contribution in [0.4, 0.5) is 4.39 Å². The van der Waals surface area contributed by atoms with E-state index < -0.39 is 17.2 Å². The lowest BCUT2D eigenvalue weighted by atomic mass is 9.81. The van der Waals surface area contributed by atoms with Crippen LogP contribution in [0.3, 0.4) is 0 Å². The first-order chi connectivity index (χ1) is 7.79. The molecular formula is C12H14BrFO3. The van der Waals surface area contributed by atoms with Crippen LogP contribution < -0.4 is 4.74 Å². The standard InChI is InChI=1S/C12H14BrFO3/c1-12(2,6-9(15)16)7-4-5-8(14)10(13)11(7)17-3/h4-5H,6H2,1-3H3,(H,15,16). The second-order valence-corrected chi connectivity index (χ2v) is 5.19. The first-order valence-electron chi connectivity index (χ1n) is 5.04. The number of ether oxygens (including phenoxy) is 1. The maximum atomic E-state index is 13.4. The fourth-order valence-corrected chi connectivity index (χ4v) is 2.25. The van der Waals surface area contributed by atoms with Crippen molar-refractivity contribution in [2.45, 2.75) is 25.7 Å². The summed E-state index contributed by atoms with van der Waals surface area (Å²) in [7, 11) is 1.43. The first-order valence-corrected chi connectivity index (χ1v) is 5.83. The molecule has 1 aromatic rings. The van der Waals surface area contributed by atoms with E-state index in [9.17, 15) is 9.18 Å². The Bertz CT molecular complexity index is 444. The van der Waals surface area contributed by atoms with Gasteiger partial charge in [0.15, 0.2) is 0 Å². The summed E-state index contributed by atoms with van der Waals surface area (Å²) in [5.41, 5.74) is 0.0311. The third kappa shape index (κ3) is 2.97. The van der Waals surface area contributed by atoms with Crippen LogP contribution in [0, 0.1) is 5.82 Å². The number of carbonyl (C=O) groups is 1. The molecule has 0 heterocycles. The van der Waals surface area contributed by atoms with Gasteiger partial charge in [0, 0.05) is 11.0 Å². The zero-order valence-corrected chi connectivity index (χ0v) is 11.5. The molecule has 0 aromatic heterocycles. The Labute approximate surface area is 108 Å². The maximum absolute atomic E-state index is 13.4. The largest absolute Gasteiger partial charge is 0.495 e. The number of hydrogen-bond acceptors (Lipinski definition) is 2. The van der Waals surface area contributed by atoms with E-state index in [1.54, 1.807) is 19.9 Å². The molecule has 94 valence electrons. The molecule has 0 fully saturated rings. The van der Waals surface area contributed by atoms with Crippen molar-refractivity contribution < 1.29 is 19.0 Å². The third-order valence-corrected chi connectivity index (χ3v) is 3.32. The Kier molecular flexibility index (Phi) is 4.14. The zero-order valence-electron chi connectivity index (χ0n) is 9.88. The lowest BCUT2D eigenvalue weighted by molar-refractivity contribution is -0.138. The molecular weight excluding hydrogens is 291 g/mol.